The zero-order valence-electron chi connectivity index (χ0n) is 12.0. The summed E-state index contributed by atoms with van der Waals surface area (Å²) in [6, 6.07) is 0. The molecule has 0 radical (unpaired) electrons. The van der Waals surface area contributed by atoms with Crippen LogP contribution in [0.3, 0.4) is 0 Å². The van der Waals surface area contributed by atoms with Crippen LogP contribution in [0.25, 0.3) is 0 Å². The summed E-state index contributed by atoms with van der Waals surface area (Å²) in [7, 11) is 0. The van der Waals surface area contributed by atoms with Crippen molar-refractivity contribution in [2.24, 2.45) is 5.41 Å². The molecule has 0 aliphatic carbocycles. The number of hydrogen-bond donors (Lipinski definition) is 2. The van der Waals surface area contributed by atoms with E-state index in [2.05, 4.69) is 22.7 Å². The SMILES string of the molecule is CCC1(C(=O)NCc2c(C)noc2C)CCCNC1. The van der Waals surface area contributed by atoms with Crippen molar-refractivity contribution in [3.05, 3.63) is 17.0 Å². The molecule has 106 valence electrons. The smallest absolute Gasteiger partial charge is 0.227 e. The lowest BCUT2D eigenvalue weighted by Crippen LogP contribution is -2.50. The van der Waals surface area contributed by atoms with Gasteiger partial charge in [0.15, 0.2) is 0 Å². The Morgan fingerprint density at radius 2 is 2.32 bits per heavy atom. The maximum absolute atomic E-state index is 12.5. The van der Waals surface area contributed by atoms with E-state index in [1.54, 1.807) is 0 Å². The van der Waals surface area contributed by atoms with Gasteiger partial charge in [-0.1, -0.05) is 12.1 Å². The van der Waals surface area contributed by atoms with E-state index in [0.717, 1.165) is 49.4 Å². The molecule has 5 nitrogen and oxygen atoms in total. The highest BCUT2D eigenvalue weighted by Crippen LogP contribution is 2.30. The second-order valence-corrected chi connectivity index (χ2v) is 5.40. The van der Waals surface area contributed by atoms with Crippen molar-refractivity contribution in [3.63, 3.8) is 0 Å². The summed E-state index contributed by atoms with van der Waals surface area (Å²) in [6.07, 6.45) is 2.89. The third-order valence-corrected chi connectivity index (χ3v) is 4.24. The van der Waals surface area contributed by atoms with Gasteiger partial charge < -0.3 is 15.2 Å². The second kappa shape index (κ2) is 5.74. The first-order chi connectivity index (χ1) is 9.09. The molecule has 2 N–H and O–H groups in total. The first-order valence-electron chi connectivity index (χ1n) is 7.00. The lowest BCUT2D eigenvalue weighted by atomic mass is 9.77. The Bertz CT molecular complexity index is 428. The van der Waals surface area contributed by atoms with Crippen molar-refractivity contribution in [1.82, 2.24) is 15.8 Å². The lowest BCUT2D eigenvalue weighted by molar-refractivity contribution is -0.132. The molecule has 0 aromatic carbocycles. The minimum atomic E-state index is -0.253. The van der Waals surface area contributed by atoms with Gasteiger partial charge in [-0.25, -0.2) is 0 Å². The Morgan fingerprint density at radius 3 is 2.84 bits per heavy atom. The molecule has 5 heteroatoms. The monoisotopic (exact) mass is 265 g/mol. The largest absolute Gasteiger partial charge is 0.361 e. The van der Waals surface area contributed by atoms with Crippen LogP contribution in [0, 0.1) is 19.3 Å². The highest BCUT2D eigenvalue weighted by molar-refractivity contribution is 5.83. The van der Waals surface area contributed by atoms with Crippen LogP contribution in [0.1, 0.15) is 43.2 Å². The zero-order valence-corrected chi connectivity index (χ0v) is 12.0. The predicted octanol–water partition coefficient (Wildman–Crippen LogP) is 1.69. The van der Waals surface area contributed by atoms with Crippen molar-refractivity contribution < 1.29 is 9.32 Å². The summed E-state index contributed by atoms with van der Waals surface area (Å²) in [6.45, 7) is 8.15. The highest BCUT2D eigenvalue weighted by atomic mass is 16.5. The number of rotatable bonds is 4. The summed E-state index contributed by atoms with van der Waals surface area (Å²) in [5.41, 5.74) is 1.59. The van der Waals surface area contributed by atoms with Gasteiger partial charge in [0.2, 0.25) is 5.91 Å². The molecule has 1 aromatic heterocycles. The van der Waals surface area contributed by atoms with Crippen molar-refractivity contribution >= 4 is 5.91 Å². The van der Waals surface area contributed by atoms with Crippen molar-refractivity contribution in [1.29, 1.82) is 0 Å². The van der Waals surface area contributed by atoms with E-state index in [0.29, 0.717) is 6.54 Å². The summed E-state index contributed by atoms with van der Waals surface area (Å²) < 4.78 is 5.11. The van der Waals surface area contributed by atoms with E-state index in [1.807, 2.05) is 13.8 Å². The van der Waals surface area contributed by atoms with Gasteiger partial charge in [-0.15, -0.1) is 0 Å². The third kappa shape index (κ3) is 2.81. The quantitative estimate of drug-likeness (QED) is 0.869. The lowest BCUT2D eigenvalue weighted by Gasteiger charge is -2.35. The van der Waals surface area contributed by atoms with E-state index in [-0.39, 0.29) is 11.3 Å². The summed E-state index contributed by atoms with van der Waals surface area (Å²) in [5.74, 6) is 0.923. The van der Waals surface area contributed by atoms with Crippen LogP contribution >= 0.6 is 0 Å². The Hall–Kier alpha value is -1.36. The predicted molar refractivity (Wildman–Crippen MR) is 72.7 cm³/mol. The van der Waals surface area contributed by atoms with Gasteiger partial charge in [-0.2, -0.15) is 0 Å². The van der Waals surface area contributed by atoms with Crippen molar-refractivity contribution in [2.75, 3.05) is 13.1 Å². The molecule has 1 atom stereocenters. The Morgan fingerprint density at radius 1 is 1.53 bits per heavy atom. The summed E-state index contributed by atoms with van der Waals surface area (Å²) in [4.78, 5) is 12.5. The first kappa shape index (κ1) is 14.1. The van der Waals surface area contributed by atoms with E-state index in [4.69, 9.17) is 4.52 Å². The Kier molecular flexibility index (Phi) is 4.24. The van der Waals surface area contributed by atoms with Gasteiger partial charge >= 0.3 is 0 Å². The number of aryl methyl sites for hydroxylation is 2. The molecule has 2 heterocycles. The summed E-state index contributed by atoms with van der Waals surface area (Å²) in [5, 5.41) is 10.3. The molecule has 1 saturated heterocycles. The number of nitrogens with one attached hydrogen (secondary N) is 2. The second-order valence-electron chi connectivity index (χ2n) is 5.40. The van der Waals surface area contributed by atoms with E-state index in [9.17, 15) is 4.79 Å². The van der Waals surface area contributed by atoms with Crippen LogP contribution < -0.4 is 10.6 Å². The fraction of sp³-hybridized carbons (Fsp3) is 0.714. The average Bonchev–Trinajstić information content (AvgIpc) is 2.76. The fourth-order valence-corrected chi connectivity index (χ4v) is 2.73. The topological polar surface area (TPSA) is 67.2 Å². The number of aromatic nitrogens is 1. The Balaban J connectivity index is 2.00. The molecule has 0 bridgehead atoms. The number of amides is 1. The minimum absolute atomic E-state index is 0.141. The van der Waals surface area contributed by atoms with Crippen LogP contribution in [0.15, 0.2) is 4.52 Å². The number of hydrogen-bond acceptors (Lipinski definition) is 4. The molecule has 0 saturated carbocycles. The van der Waals surface area contributed by atoms with Crippen LogP contribution in [-0.4, -0.2) is 24.2 Å². The number of nitrogens with zero attached hydrogens (tertiary/aromatic N) is 1. The summed E-state index contributed by atoms with van der Waals surface area (Å²) >= 11 is 0. The Labute approximate surface area is 114 Å². The third-order valence-electron chi connectivity index (χ3n) is 4.24. The normalized spacial score (nSPS) is 23.3. The van der Waals surface area contributed by atoms with Gasteiger partial charge in [0.05, 0.1) is 11.1 Å². The molecular weight excluding hydrogens is 242 g/mol. The van der Waals surface area contributed by atoms with Gasteiger partial charge in [-0.3, -0.25) is 4.79 Å². The number of carbonyl (C=O) groups is 1. The molecular formula is C14H23N3O2. The molecule has 1 aliphatic rings. The average molecular weight is 265 g/mol. The van der Waals surface area contributed by atoms with Crippen LogP contribution in [0.5, 0.6) is 0 Å². The molecule has 1 aliphatic heterocycles. The molecule has 2 rings (SSSR count). The molecule has 1 fully saturated rings. The van der Waals surface area contributed by atoms with Gasteiger partial charge in [-0.05, 0) is 39.7 Å². The van der Waals surface area contributed by atoms with Gasteiger partial charge in [0, 0.05) is 18.7 Å². The zero-order chi connectivity index (χ0) is 13.9. The van der Waals surface area contributed by atoms with Crippen LogP contribution in [-0.2, 0) is 11.3 Å². The standard InChI is InChI=1S/C14H23N3O2/c1-4-14(6-5-7-15-9-14)13(18)16-8-12-10(2)17-19-11(12)3/h15H,4-9H2,1-3H3,(H,16,18). The number of piperidine rings is 1. The molecule has 0 spiro atoms. The van der Waals surface area contributed by atoms with Crippen LogP contribution in [0.4, 0.5) is 0 Å². The maximum Gasteiger partial charge on any atom is 0.227 e. The van der Waals surface area contributed by atoms with Crippen LogP contribution in [0.2, 0.25) is 0 Å². The van der Waals surface area contributed by atoms with Crippen molar-refractivity contribution in [2.45, 2.75) is 46.6 Å². The van der Waals surface area contributed by atoms with Crippen molar-refractivity contribution in [3.8, 4) is 0 Å². The molecule has 19 heavy (non-hydrogen) atoms. The van der Waals surface area contributed by atoms with E-state index >= 15 is 0 Å². The molecule has 1 unspecified atom stereocenters. The van der Waals surface area contributed by atoms with Gasteiger partial charge in [0.1, 0.15) is 5.76 Å². The van der Waals surface area contributed by atoms with Gasteiger partial charge in [0.25, 0.3) is 0 Å². The first-order valence-corrected chi connectivity index (χ1v) is 7.00. The van der Waals surface area contributed by atoms with E-state index in [1.165, 1.54) is 0 Å². The number of carbonyl (C=O) groups excluding carboxylic acids is 1. The fourth-order valence-electron chi connectivity index (χ4n) is 2.73. The maximum atomic E-state index is 12.5. The molecule has 1 aromatic rings. The van der Waals surface area contributed by atoms with E-state index < -0.39 is 0 Å². The highest BCUT2D eigenvalue weighted by Gasteiger charge is 2.37. The molecule has 1 amide bonds. The minimum Gasteiger partial charge on any atom is -0.361 e.